The average molecular weight is 292 g/mol. The second-order valence-electron chi connectivity index (χ2n) is 6.55. The van der Waals surface area contributed by atoms with E-state index in [0.29, 0.717) is 12.1 Å². The molecular weight excluding hydrogens is 264 g/mol. The molecule has 4 atom stereocenters. The highest BCUT2D eigenvalue weighted by molar-refractivity contribution is 5.81. The van der Waals surface area contributed by atoms with E-state index in [1.807, 2.05) is 26.8 Å². The van der Waals surface area contributed by atoms with Crippen LogP contribution in [0.25, 0.3) is 0 Å². The largest absolute Gasteiger partial charge is 0.352 e. The van der Waals surface area contributed by atoms with E-state index in [9.17, 15) is 4.79 Å². The lowest BCUT2D eigenvalue weighted by Gasteiger charge is -2.32. The number of H-pyrrole nitrogens is 1. The molecule has 0 saturated carbocycles. The lowest BCUT2D eigenvalue weighted by molar-refractivity contribution is -0.127. The molecule has 1 aromatic rings. The number of hydrogen-bond acceptors (Lipinski definition) is 3. The zero-order chi connectivity index (χ0) is 15.6. The van der Waals surface area contributed by atoms with Gasteiger partial charge in [-0.25, -0.2) is 0 Å². The first kappa shape index (κ1) is 16.0. The van der Waals surface area contributed by atoms with Crippen LogP contribution in [0.3, 0.4) is 0 Å². The minimum Gasteiger partial charge on any atom is -0.352 e. The third kappa shape index (κ3) is 3.84. The molecule has 5 heteroatoms. The van der Waals surface area contributed by atoms with Crippen molar-refractivity contribution in [2.75, 3.05) is 0 Å². The fourth-order valence-electron chi connectivity index (χ4n) is 3.42. The Kier molecular flexibility index (Phi) is 5.04. The van der Waals surface area contributed by atoms with Gasteiger partial charge in [-0.05, 0) is 53.5 Å². The van der Waals surface area contributed by atoms with E-state index >= 15 is 0 Å². The van der Waals surface area contributed by atoms with Crippen LogP contribution in [-0.2, 0) is 11.2 Å². The van der Waals surface area contributed by atoms with Gasteiger partial charge >= 0.3 is 0 Å². The van der Waals surface area contributed by atoms with Gasteiger partial charge in [-0.2, -0.15) is 5.10 Å². The molecule has 5 nitrogen and oxygen atoms in total. The van der Waals surface area contributed by atoms with E-state index < -0.39 is 0 Å². The van der Waals surface area contributed by atoms with Crippen molar-refractivity contribution in [1.82, 2.24) is 20.4 Å². The van der Waals surface area contributed by atoms with E-state index in [2.05, 4.69) is 34.3 Å². The number of carbonyl (C=O) groups is 1. The summed E-state index contributed by atoms with van der Waals surface area (Å²) in [6.07, 6.45) is 3.12. The molecule has 0 unspecified atom stereocenters. The van der Waals surface area contributed by atoms with E-state index in [-0.39, 0.29) is 18.0 Å². The van der Waals surface area contributed by atoms with Crippen molar-refractivity contribution >= 4 is 5.91 Å². The van der Waals surface area contributed by atoms with Crippen LogP contribution in [0, 0.1) is 6.92 Å². The van der Waals surface area contributed by atoms with Crippen LogP contribution < -0.4 is 5.32 Å². The summed E-state index contributed by atoms with van der Waals surface area (Å²) in [4.78, 5) is 14.8. The number of likely N-dealkylation sites (tertiary alicyclic amines) is 1. The Balaban J connectivity index is 1.88. The van der Waals surface area contributed by atoms with Crippen molar-refractivity contribution < 1.29 is 4.79 Å². The Morgan fingerprint density at radius 2 is 2.05 bits per heavy atom. The van der Waals surface area contributed by atoms with Crippen molar-refractivity contribution in [3.63, 3.8) is 0 Å². The van der Waals surface area contributed by atoms with Crippen LogP contribution in [0.2, 0.25) is 0 Å². The van der Waals surface area contributed by atoms with E-state index in [4.69, 9.17) is 0 Å². The Morgan fingerprint density at radius 3 is 2.57 bits per heavy atom. The average Bonchev–Trinajstić information content (AvgIpc) is 2.95. The number of nitrogens with zero attached hydrogens (tertiary/aromatic N) is 2. The van der Waals surface area contributed by atoms with Crippen LogP contribution in [0.15, 0.2) is 6.07 Å². The van der Waals surface area contributed by atoms with Crippen LogP contribution in [0.1, 0.15) is 51.9 Å². The Hall–Kier alpha value is -1.36. The van der Waals surface area contributed by atoms with Gasteiger partial charge in [0.05, 0.1) is 11.7 Å². The van der Waals surface area contributed by atoms with Crippen molar-refractivity contribution in [2.24, 2.45) is 0 Å². The van der Waals surface area contributed by atoms with Gasteiger partial charge < -0.3 is 5.32 Å². The highest BCUT2D eigenvalue weighted by Gasteiger charge is 2.34. The summed E-state index contributed by atoms with van der Waals surface area (Å²) < 4.78 is 0. The predicted molar refractivity (Wildman–Crippen MR) is 84.1 cm³/mol. The minimum absolute atomic E-state index is 0.0686. The standard InChI is InChI=1S/C16H28N4O/c1-10(8-15-9-11(2)18-19-15)17-16(21)14(5)20-12(3)6-7-13(20)4/h9-10,12-14H,6-8H2,1-5H3,(H,17,21)(H,18,19)/t10-,12+,13+,14-/m0/s1. The topological polar surface area (TPSA) is 61.0 Å². The number of hydrogen-bond donors (Lipinski definition) is 2. The third-order valence-electron chi connectivity index (χ3n) is 4.51. The van der Waals surface area contributed by atoms with Crippen molar-refractivity contribution in [3.05, 3.63) is 17.5 Å². The first-order chi connectivity index (χ1) is 9.88. The first-order valence-corrected chi connectivity index (χ1v) is 7.97. The highest BCUT2D eigenvalue weighted by atomic mass is 16.2. The fourth-order valence-corrected chi connectivity index (χ4v) is 3.42. The van der Waals surface area contributed by atoms with Crippen LogP contribution in [0.5, 0.6) is 0 Å². The summed E-state index contributed by atoms with van der Waals surface area (Å²) in [6, 6.07) is 3.03. The van der Waals surface area contributed by atoms with Gasteiger partial charge in [-0.15, -0.1) is 0 Å². The maximum atomic E-state index is 12.4. The van der Waals surface area contributed by atoms with Crippen LogP contribution in [0.4, 0.5) is 0 Å². The molecule has 0 bridgehead atoms. The second-order valence-corrected chi connectivity index (χ2v) is 6.55. The molecule has 0 spiro atoms. The molecule has 1 aliphatic heterocycles. The summed E-state index contributed by atoms with van der Waals surface area (Å²) >= 11 is 0. The van der Waals surface area contributed by atoms with Gasteiger partial charge in [0.25, 0.3) is 0 Å². The maximum Gasteiger partial charge on any atom is 0.237 e. The van der Waals surface area contributed by atoms with Gasteiger partial charge in [0.1, 0.15) is 0 Å². The Morgan fingerprint density at radius 1 is 1.43 bits per heavy atom. The van der Waals surface area contributed by atoms with Crippen LogP contribution in [-0.4, -0.2) is 45.2 Å². The SMILES string of the molecule is Cc1cc(C[C@H](C)NC(=O)[C@H](C)N2[C@H](C)CC[C@H]2C)n[nH]1. The molecule has 2 rings (SSSR count). The molecule has 0 radical (unpaired) electrons. The quantitative estimate of drug-likeness (QED) is 0.873. The molecule has 0 aliphatic carbocycles. The zero-order valence-electron chi connectivity index (χ0n) is 13.8. The molecule has 1 saturated heterocycles. The van der Waals surface area contributed by atoms with E-state index in [1.54, 1.807) is 0 Å². The van der Waals surface area contributed by atoms with Crippen molar-refractivity contribution in [3.8, 4) is 0 Å². The number of rotatable bonds is 5. The summed E-state index contributed by atoms with van der Waals surface area (Å²) in [5, 5.41) is 10.3. The molecule has 21 heavy (non-hydrogen) atoms. The molecule has 2 N–H and O–H groups in total. The van der Waals surface area contributed by atoms with Gasteiger partial charge in [0, 0.05) is 30.2 Å². The smallest absolute Gasteiger partial charge is 0.237 e. The van der Waals surface area contributed by atoms with Gasteiger partial charge in [-0.1, -0.05) is 0 Å². The Labute approximate surface area is 127 Å². The Bertz CT molecular complexity index is 474. The minimum atomic E-state index is -0.0686. The summed E-state index contributed by atoms with van der Waals surface area (Å²) in [6.45, 7) is 10.5. The zero-order valence-corrected chi connectivity index (χ0v) is 13.8. The normalized spacial score (nSPS) is 25.8. The number of nitrogens with one attached hydrogen (secondary N) is 2. The second kappa shape index (κ2) is 6.60. The number of aromatic nitrogens is 2. The monoisotopic (exact) mass is 292 g/mol. The van der Waals surface area contributed by atoms with Gasteiger partial charge in [-0.3, -0.25) is 14.8 Å². The van der Waals surface area contributed by atoms with Gasteiger partial charge in [0.15, 0.2) is 0 Å². The lowest BCUT2D eigenvalue weighted by atomic mass is 10.1. The molecule has 1 amide bonds. The molecule has 1 fully saturated rings. The molecular formula is C16H28N4O. The summed E-state index contributed by atoms with van der Waals surface area (Å²) in [7, 11) is 0. The molecule has 118 valence electrons. The number of carbonyl (C=O) groups excluding carboxylic acids is 1. The van der Waals surface area contributed by atoms with Crippen molar-refractivity contribution in [1.29, 1.82) is 0 Å². The van der Waals surface area contributed by atoms with E-state index in [0.717, 1.165) is 17.8 Å². The highest BCUT2D eigenvalue weighted by Crippen LogP contribution is 2.25. The maximum absolute atomic E-state index is 12.4. The molecule has 0 aromatic carbocycles. The lowest BCUT2D eigenvalue weighted by Crippen LogP contribution is -2.51. The van der Waals surface area contributed by atoms with Crippen molar-refractivity contribution in [2.45, 2.75) is 78.0 Å². The number of aryl methyl sites for hydroxylation is 1. The molecule has 1 aliphatic rings. The summed E-state index contributed by atoms with van der Waals surface area (Å²) in [5.74, 6) is 0.121. The van der Waals surface area contributed by atoms with Crippen LogP contribution >= 0.6 is 0 Å². The molecule has 1 aromatic heterocycles. The fraction of sp³-hybridized carbons (Fsp3) is 0.750. The van der Waals surface area contributed by atoms with E-state index in [1.165, 1.54) is 12.8 Å². The predicted octanol–water partition coefficient (Wildman–Crippen LogP) is 2.03. The third-order valence-corrected chi connectivity index (χ3v) is 4.51. The molecule has 2 heterocycles. The number of aromatic amines is 1. The number of amides is 1. The first-order valence-electron chi connectivity index (χ1n) is 7.97. The van der Waals surface area contributed by atoms with Gasteiger partial charge in [0.2, 0.25) is 5.91 Å². The summed E-state index contributed by atoms with van der Waals surface area (Å²) in [5.41, 5.74) is 2.05.